The van der Waals surface area contributed by atoms with E-state index >= 15 is 0 Å². The number of aromatic nitrogens is 5. The quantitative estimate of drug-likeness (QED) is 0.567. The van der Waals surface area contributed by atoms with Crippen molar-refractivity contribution in [2.24, 2.45) is 0 Å². The molecule has 3 rings (SSSR count). The van der Waals surface area contributed by atoms with Crippen molar-refractivity contribution < 1.29 is 9.15 Å². The van der Waals surface area contributed by atoms with Gasteiger partial charge in [0.2, 0.25) is 11.8 Å². The zero-order valence-corrected chi connectivity index (χ0v) is 15.4. The minimum Gasteiger partial charge on any atom is -0.497 e. The van der Waals surface area contributed by atoms with Crippen LogP contribution in [0.3, 0.4) is 0 Å². The van der Waals surface area contributed by atoms with Crippen LogP contribution in [0.5, 0.6) is 5.75 Å². The Labute approximate surface area is 150 Å². The van der Waals surface area contributed by atoms with E-state index in [0.717, 1.165) is 41.7 Å². The van der Waals surface area contributed by atoms with Gasteiger partial charge in [0.25, 0.3) is 0 Å². The van der Waals surface area contributed by atoms with E-state index in [2.05, 4.69) is 31.9 Å². The van der Waals surface area contributed by atoms with E-state index in [4.69, 9.17) is 9.15 Å². The summed E-state index contributed by atoms with van der Waals surface area (Å²) in [6, 6.07) is 7.87. The third-order valence-electron chi connectivity index (χ3n) is 3.69. The molecule has 0 fully saturated rings. The van der Waals surface area contributed by atoms with Crippen molar-refractivity contribution in [1.29, 1.82) is 0 Å². The lowest BCUT2D eigenvalue weighted by Crippen LogP contribution is -2.02. The van der Waals surface area contributed by atoms with Gasteiger partial charge in [0.1, 0.15) is 5.75 Å². The molecule has 0 bridgehead atoms. The highest BCUT2D eigenvalue weighted by Gasteiger charge is 2.15. The van der Waals surface area contributed by atoms with E-state index in [0.29, 0.717) is 17.5 Å². The van der Waals surface area contributed by atoms with Gasteiger partial charge in [-0.3, -0.25) is 0 Å². The van der Waals surface area contributed by atoms with Crippen molar-refractivity contribution >= 4 is 11.8 Å². The molecule has 0 saturated carbocycles. The second-order valence-corrected chi connectivity index (χ2v) is 6.49. The van der Waals surface area contributed by atoms with Gasteiger partial charge in [0.05, 0.1) is 12.9 Å². The fraction of sp³-hybridized carbons (Fsp3) is 0.412. The first-order chi connectivity index (χ1) is 12.2. The molecule has 0 spiro atoms. The standard InChI is InChI=1S/C17H21N5O2S/c1-4-5-10-22-16(13-6-8-14(23-3)9-7-13)20-21-17(22)25-11-15-19-18-12(2)24-15/h6-9H,4-5,10-11H2,1-3H3. The summed E-state index contributed by atoms with van der Waals surface area (Å²) in [4.78, 5) is 0. The van der Waals surface area contributed by atoms with E-state index in [9.17, 15) is 0 Å². The Hall–Kier alpha value is -2.35. The molecule has 0 atom stereocenters. The fourth-order valence-corrected chi connectivity index (χ4v) is 3.19. The van der Waals surface area contributed by atoms with E-state index in [1.807, 2.05) is 24.3 Å². The Bertz CT molecular complexity index is 813. The van der Waals surface area contributed by atoms with Crippen LogP contribution in [-0.2, 0) is 12.3 Å². The van der Waals surface area contributed by atoms with Crippen molar-refractivity contribution in [3.8, 4) is 17.1 Å². The lowest BCUT2D eigenvalue weighted by molar-refractivity contribution is 0.415. The normalized spacial score (nSPS) is 11.0. The number of benzene rings is 1. The first-order valence-corrected chi connectivity index (χ1v) is 9.19. The van der Waals surface area contributed by atoms with Gasteiger partial charge in [-0.1, -0.05) is 25.1 Å². The molecule has 3 aromatic rings. The molecular formula is C17H21N5O2S. The Morgan fingerprint density at radius 2 is 1.92 bits per heavy atom. The Morgan fingerprint density at radius 3 is 2.56 bits per heavy atom. The van der Waals surface area contributed by atoms with Crippen LogP contribution in [0.25, 0.3) is 11.4 Å². The lowest BCUT2D eigenvalue weighted by atomic mass is 10.2. The van der Waals surface area contributed by atoms with Gasteiger partial charge in [0.15, 0.2) is 11.0 Å². The lowest BCUT2D eigenvalue weighted by Gasteiger charge is -2.09. The SMILES string of the molecule is CCCCn1c(SCc2nnc(C)o2)nnc1-c1ccc(OC)cc1. The van der Waals surface area contributed by atoms with E-state index in [1.165, 1.54) is 0 Å². The zero-order chi connectivity index (χ0) is 17.6. The molecule has 1 aromatic carbocycles. The average molecular weight is 359 g/mol. The fourth-order valence-electron chi connectivity index (χ4n) is 2.39. The summed E-state index contributed by atoms with van der Waals surface area (Å²) in [7, 11) is 1.66. The van der Waals surface area contributed by atoms with Crippen LogP contribution in [0.4, 0.5) is 0 Å². The number of ether oxygens (including phenoxy) is 1. The van der Waals surface area contributed by atoms with Crippen molar-refractivity contribution in [1.82, 2.24) is 25.0 Å². The monoisotopic (exact) mass is 359 g/mol. The van der Waals surface area contributed by atoms with Crippen molar-refractivity contribution in [3.05, 3.63) is 36.0 Å². The summed E-state index contributed by atoms with van der Waals surface area (Å²) in [5.74, 6) is 3.43. The molecule has 2 heterocycles. The maximum absolute atomic E-state index is 5.43. The number of methoxy groups -OCH3 is 1. The van der Waals surface area contributed by atoms with Crippen LogP contribution in [0.15, 0.2) is 33.8 Å². The maximum Gasteiger partial charge on any atom is 0.226 e. The van der Waals surface area contributed by atoms with Crippen LogP contribution in [0, 0.1) is 6.92 Å². The Balaban J connectivity index is 1.83. The maximum atomic E-state index is 5.43. The summed E-state index contributed by atoms with van der Waals surface area (Å²) >= 11 is 1.56. The highest BCUT2D eigenvalue weighted by Crippen LogP contribution is 2.27. The van der Waals surface area contributed by atoms with Crippen molar-refractivity contribution in [3.63, 3.8) is 0 Å². The summed E-state index contributed by atoms with van der Waals surface area (Å²) < 4.78 is 12.8. The minimum absolute atomic E-state index is 0.571. The number of hydrogen-bond donors (Lipinski definition) is 0. The highest BCUT2D eigenvalue weighted by molar-refractivity contribution is 7.98. The predicted molar refractivity (Wildman–Crippen MR) is 95.5 cm³/mol. The number of unbranched alkanes of at least 4 members (excludes halogenated alkanes) is 1. The highest BCUT2D eigenvalue weighted by atomic mass is 32.2. The average Bonchev–Trinajstić information content (AvgIpc) is 3.24. The Morgan fingerprint density at radius 1 is 1.12 bits per heavy atom. The first-order valence-electron chi connectivity index (χ1n) is 8.20. The molecule has 2 aromatic heterocycles. The van der Waals surface area contributed by atoms with Gasteiger partial charge in [-0.05, 0) is 30.7 Å². The van der Waals surface area contributed by atoms with E-state index in [-0.39, 0.29) is 0 Å². The molecule has 7 nitrogen and oxygen atoms in total. The topological polar surface area (TPSA) is 78.9 Å². The predicted octanol–water partition coefficient (Wildman–Crippen LogP) is 3.74. The van der Waals surface area contributed by atoms with Gasteiger partial charge in [0, 0.05) is 19.0 Å². The second kappa shape index (κ2) is 8.15. The zero-order valence-electron chi connectivity index (χ0n) is 14.6. The summed E-state index contributed by atoms with van der Waals surface area (Å²) in [6.07, 6.45) is 2.17. The van der Waals surface area contributed by atoms with Gasteiger partial charge >= 0.3 is 0 Å². The summed E-state index contributed by atoms with van der Waals surface area (Å²) in [5, 5.41) is 17.5. The second-order valence-electron chi connectivity index (χ2n) is 5.54. The molecule has 0 aliphatic rings. The number of rotatable bonds is 8. The number of nitrogens with zero attached hydrogens (tertiary/aromatic N) is 5. The minimum atomic E-state index is 0.571. The number of hydrogen-bond acceptors (Lipinski definition) is 7. The summed E-state index contributed by atoms with van der Waals surface area (Å²) in [6.45, 7) is 4.83. The molecule has 0 saturated heterocycles. The smallest absolute Gasteiger partial charge is 0.226 e. The van der Waals surface area contributed by atoms with Gasteiger partial charge < -0.3 is 13.7 Å². The molecule has 132 valence electrons. The molecule has 0 amide bonds. The van der Waals surface area contributed by atoms with Crippen LogP contribution < -0.4 is 4.74 Å². The third kappa shape index (κ3) is 4.19. The van der Waals surface area contributed by atoms with Crippen LogP contribution in [0.1, 0.15) is 31.5 Å². The molecule has 0 unspecified atom stereocenters. The van der Waals surface area contributed by atoms with Crippen LogP contribution in [0.2, 0.25) is 0 Å². The van der Waals surface area contributed by atoms with Gasteiger partial charge in [-0.2, -0.15) is 0 Å². The molecule has 0 aliphatic carbocycles. The van der Waals surface area contributed by atoms with Crippen molar-refractivity contribution in [2.75, 3.05) is 7.11 Å². The van der Waals surface area contributed by atoms with E-state index in [1.54, 1.807) is 25.8 Å². The molecular weight excluding hydrogens is 338 g/mol. The third-order valence-corrected chi connectivity index (χ3v) is 4.64. The number of aryl methyl sites for hydroxylation is 1. The van der Waals surface area contributed by atoms with Crippen LogP contribution >= 0.6 is 11.8 Å². The molecule has 0 N–H and O–H groups in total. The summed E-state index contributed by atoms with van der Waals surface area (Å²) in [5.41, 5.74) is 1.02. The first kappa shape index (κ1) is 17.5. The largest absolute Gasteiger partial charge is 0.497 e. The van der Waals surface area contributed by atoms with E-state index < -0.39 is 0 Å². The molecule has 25 heavy (non-hydrogen) atoms. The molecule has 0 aliphatic heterocycles. The van der Waals surface area contributed by atoms with Gasteiger partial charge in [-0.25, -0.2) is 0 Å². The Kier molecular flexibility index (Phi) is 5.70. The van der Waals surface area contributed by atoms with Crippen LogP contribution in [-0.4, -0.2) is 32.1 Å². The van der Waals surface area contributed by atoms with Gasteiger partial charge in [-0.15, -0.1) is 20.4 Å². The number of thioether (sulfide) groups is 1. The molecule has 8 heteroatoms. The van der Waals surface area contributed by atoms with Crippen molar-refractivity contribution in [2.45, 2.75) is 44.1 Å². The molecule has 0 radical (unpaired) electrons.